The first-order valence-electron chi connectivity index (χ1n) is 10.8. The fourth-order valence-electron chi connectivity index (χ4n) is 4.18. The zero-order valence-electron chi connectivity index (χ0n) is 18.4. The molecule has 0 aliphatic carbocycles. The van der Waals surface area contributed by atoms with E-state index in [0.717, 1.165) is 29.9 Å². The van der Waals surface area contributed by atoms with Gasteiger partial charge in [0.05, 0.1) is 10.6 Å². The average molecular weight is 443 g/mol. The van der Waals surface area contributed by atoms with Crippen LogP contribution in [0.3, 0.4) is 0 Å². The van der Waals surface area contributed by atoms with Crippen LogP contribution < -0.4 is 0 Å². The van der Waals surface area contributed by atoms with Crippen molar-refractivity contribution < 1.29 is 18.7 Å². The van der Waals surface area contributed by atoms with Gasteiger partial charge in [0.1, 0.15) is 17.1 Å². The zero-order valence-corrected chi connectivity index (χ0v) is 19.2. The second-order valence-corrected chi connectivity index (χ2v) is 10.5. The number of rotatable bonds is 4. The molecule has 2 aliphatic heterocycles. The van der Waals surface area contributed by atoms with Gasteiger partial charge in [-0.25, -0.2) is 4.79 Å². The molecule has 0 saturated carbocycles. The minimum absolute atomic E-state index is 0.172. The van der Waals surface area contributed by atoms with Crippen LogP contribution in [-0.4, -0.2) is 57.7 Å². The predicted molar refractivity (Wildman–Crippen MR) is 122 cm³/mol. The summed E-state index contributed by atoms with van der Waals surface area (Å²) in [4.78, 5) is 28.6. The topological polar surface area (TPSA) is 63.0 Å². The molecular formula is C24H30N2O4S. The Morgan fingerprint density at radius 3 is 2.52 bits per heavy atom. The van der Waals surface area contributed by atoms with E-state index < -0.39 is 5.60 Å². The summed E-state index contributed by atoms with van der Waals surface area (Å²) in [7, 11) is 0. The number of carbonyl (C=O) groups excluding carboxylic acids is 2. The lowest BCUT2D eigenvalue weighted by atomic mass is 10.0. The van der Waals surface area contributed by atoms with Gasteiger partial charge in [-0.1, -0.05) is 30.3 Å². The highest BCUT2D eigenvalue weighted by molar-refractivity contribution is 8.01. The van der Waals surface area contributed by atoms with Crippen molar-refractivity contribution in [3.05, 3.63) is 48.2 Å². The molecule has 31 heavy (non-hydrogen) atoms. The first-order valence-corrected chi connectivity index (χ1v) is 11.8. The Kier molecular flexibility index (Phi) is 6.06. The molecule has 1 spiro atoms. The maximum Gasteiger partial charge on any atom is 0.410 e. The molecule has 0 N–H and O–H groups in total. The van der Waals surface area contributed by atoms with Crippen molar-refractivity contribution in [3.8, 4) is 11.3 Å². The maximum absolute atomic E-state index is 12.7. The van der Waals surface area contributed by atoms with Crippen LogP contribution in [0.5, 0.6) is 0 Å². The number of amides is 2. The minimum Gasteiger partial charge on any atom is -0.461 e. The summed E-state index contributed by atoms with van der Waals surface area (Å²) in [6.07, 6.45) is 1.93. The number of nitrogens with zero attached hydrogens (tertiary/aromatic N) is 2. The van der Waals surface area contributed by atoms with E-state index in [9.17, 15) is 9.59 Å². The summed E-state index contributed by atoms with van der Waals surface area (Å²) in [6.45, 7) is 7.46. The molecule has 2 aliphatic rings. The molecule has 2 aromatic rings. The fourth-order valence-corrected chi connectivity index (χ4v) is 5.55. The Labute approximate surface area is 187 Å². The van der Waals surface area contributed by atoms with Gasteiger partial charge in [0, 0.05) is 31.6 Å². The molecule has 166 valence electrons. The molecule has 0 bridgehead atoms. The number of hydrogen-bond donors (Lipinski definition) is 0. The van der Waals surface area contributed by atoms with Crippen LogP contribution >= 0.6 is 11.8 Å². The molecular weight excluding hydrogens is 412 g/mol. The summed E-state index contributed by atoms with van der Waals surface area (Å²) >= 11 is 1.71. The van der Waals surface area contributed by atoms with Crippen molar-refractivity contribution in [3.63, 3.8) is 0 Å². The van der Waals surface area contributed by atoms with E-state index in [2.05, 4.69) is 0 Å². The number of furan rings is 1. The Hall–Kier alpha value is -2.41. The lowest BCUT2D eigenvalue weighted by Gasteiger charge is -2.44. The number of likely N-dealkylation sites (tertiary alicyclic amines) is 1. The largest absolute Gasteiger partial charge is 0.461 e. The monoisotopic (exact) mass is 442 g/mol. The summed E-state index contributed by atoms with van der Waals surface area (Å²) in [5.41, 5.74) is 0.547. The van der Waals surface area contributed by atoms with E-state index in [1.807, 2.05) is 68.1 Å². The van der Waals surface area contributed by atoms with Crippen LogP contribution in [0.15, 0.2) is 46.9 Å². The molecule has 0 unspecified atom stereocenters. The van der Waals surface area contributed by atoms with Gasteiger partial charge in [-0.3, -0.25) is 4.79 Å². The van der Waals surface area contributed by atoms with Crippen molar-refractivity contribution >= 4 is 23.8 Å². The molecule has 7 heteroatoms. The van der Waals surface area contributed by atoms with Crippen LogP contribution in [0.2, 0.25) is 0 Å². The highest BCUT2D eigenvalue weighted by Crippen LogP contribution is 2.44. The van der Waals surface area contributed by atoms with Gasteiger partial charge in [0.2, 0.25) is 5.91 Å². The third kappa shape index (κ3) is 4.92. The minimum atomic E-state index is -0.502. The van der Waals surface area contributed by atoms with Crippen molar-refractivity contribution in [2.45, 2.75) is 50.5 Å². The van der Waals surface area contributed by atoms with E-state index in [-0.39, 0.29) is 16.9 Å². The van der Waals surface area contributed by atoms with Crippen molar-refractivity contribution in [1.29, 1.82) is 0 Å². The molecule has 0 atom stereocenters. The normalized spacial score (nSPS) is 18.6. The SMILES string of the molecule is CC(C)(C)OC(=O)N1CCC2(CC1)SCC(=O)N2CCc1ccc(-c2ccccc2)o1. The smallest absolute Gasteiger partial charge is 0.410 e. The quantitative estimate of drug-likeness (QED) is 0.681. The molecule has 2 fully saturated rings. The molecule has 1 aromatic carbocycles. The number of benzene rings is 1. The summed E-state index contributed by atoms with van der Waals surface area (Å²) in [5, 5.41) is 0. The van der Waals surface area contributed by atoms with Gasteiger partial charge in [-0.2, -0.15) is 0 Å². The van der Waals surface area contributed by atoms with Crippen LogP contribution in [0.4, 0.5) is 4.79 Å². The van der Waals surface area contributed by atoms with Crippen molar-refractivity contribution in [2.24, 2.45) is 0 Å². The van der Waals surface area contributed by atoms with Gasteiger partial charge in [-0.05, 0) is 45.7 Å². The third-order valence-corrected chi connectivity index (χ3v) is 7.31. The Bertz CT molecular complexity index is 927. The van der Waals surface area contributed by atoms with Crippen LogP contribution in [0.1, 0.15) is 39.4 Å². The van der Waals surface area contributed by atoms with Gasteiger partial charge in [0.25, 0.3) is 0 Å². The van der Waals surface area contributed by atoms with Crippen LogP contribution in [0.25, 0.3) is 11.3 Å². The molecule has 2 amide bonds. The number of carbonyl (C=O) groups is 2. The van der Waals surface area contributed by atoms with Crippen LogP contribution in [0, 0.1) is 0 Å². The lowest BCUT2D eigenvalue weighted by molar-refractivity contribution is -0.131. The summed E-state index contributed by atoms with van der Waals surface area (Å²) in [6, 6.07) is 14.0. The molecule has 4 rings (SSSR count). The van der Waals surface area contributed by atoms with Crippen molar-refractivity contribution in [2.75, 3.05) is 25.4 Å². The molecule has 3 heterocycles. The van der Waals surface area contributed by atoms with Gasteiger partial charge < -0.3 is 19.0 Å². The van der Waals surface area contributed by atoms with E-state index in [1.165, 1.54) is 0 Å². The predicted octanol–water partition coefficient (Wildman–Crippen LogP) is 4.79. The fraction of sp³-hybridized carbons (Fsp3) is 0.500. The van der Waals surface area contributed by atoms with Crippen molar-refractivity contribution in [1.82, 2.24) is 9.80 Å². The first kappa shape index (κ1) is 21.8. The summed E-state index contributed by atoms with van der Waals surface area (Å²) in [5.74, 6) is 2.40. The second-order valence-electron chi connectivity index (χ2n) is 9.13. The van der Waals surface area contributed by atoms with E-state index in [1.54, 1.807) is 16.7 Å². The molecule has 6 nitrogen and oxygen atoms in total. The van der Waals surface area contributed by atoms with E-state index in [0.29, 0.717) is 31.8 Å². The highest BCUT2D eigenvalue weighted by atomic mass is 32.2. The number of hydrogen-bond acceptors (Lipinski definition) is 5. The third-order valence-electron chi connectivity index (χ3n) is 5.76. The standard InChI is InChI=1S/C24H30N2O4S/c1-23(2,3)30-22(28)25-15-12-24(13-16-25)26(21(27)17-31-24)14-11-19-9-10-20(29-19)18-7-5-4-6-8-18/h4-10H,11-17H2,1-3H3. The Balaban J connectivity index is 1.37. The summed E-state index contributed by atoms with van der Waals surface area (Å²) < 4.78 is 11.5. The van der Waals surface area contributed by atoms with E-state index >= 15 is 0 Å². The Morgan fingerprint density at radius 1 is 1.13 bits per heavy atom. The van der Waals surface area contributed by atoms with Gasteiger partial charge in [0.15, 0.2) is 0 Å². The van der Waals surface area contributed by atoms with Gasteiger partial charge in [-0.15, -0.1) is 11.8 Å². The molecule has 1 aromatic heterocycles. The average Bonchev–Trinajstić information content (AvgIpc) is 3.32. The second kappa shape index (κ2) is 8.61. The van der Waals surface area contributed by atoms with Gasteiger partial charge >= 0.3 is 6.09 Å². The number of piperidine rings is 1. The first-order chi connectivity index (χ1) is 14.8. The Morgan fingerprint density at radius 2 is 1.84 bits per heavy atom. The van der Waals surface area contributed by atoms with Crippen LogP contribution in [-0.2, 0) is 16.0 Å². The lowest BCUT2D eigenvalue weighted by Crippen LogP contribution is -2.53. The maximum atomic E-state index is 12.7. The molecule has 2 saturated heterocycles. The highest BCUT2D eigenvalue weighted by Gasteiger charge is 2.48. The molecule has 0 radical (unpaired) electrons. The zero-order chi connectivity index (χ0) is 22.1. The number of thioether (sulfide) groups is 1. The number of ether oxygens (including phenoxy) is 1. The van der Waals surface area contributed by atoms with E-state index in [4.69, 9.17) is 9.15 Å².